The van der Waals surface area contributed by atoms with E-state index in [1.165, 1.54) is 16.8 Å². The number of aryl methyl sites for hydroxylation is 2. The lowest BCUT2D eigenvalue weighted by Gasteiger charge is -2.18. The SMILES string of the molecule is C=CCn1c(=O)c2c3c(cnc2n(CC)c1=O)C(=O)CCC3. The first kappa shape index (κ1) is 14.4. The highest BCUT2D eigenvalue weighted by Gasteiger charge is 2.24. The fourth-order valence-corrected chi connectivity index (χ4v) is 3.06. The fraction of sp³-hybridized carbons (Fsp3) is 0.375. The topological polar surface area (TPSA) is 74.0 Å². The lowest BCUT2D eigenvalue weighted by Crippen LogP contribution is -2.40. The average Bonchev–Trinajstić information content (AvgIpc) is 2.51. The van der Waals surface area contributed by atoms with Crippen molar-refractivity contribution in [3.05, 3.63) is 50.8 Å². The van der Waals surface area contributed by atoms with Gasteiger partial charge in [-0.2, -0.15) is 0 Å². The number of hydrogen-bond donors (Lipinski definition) is 0. The van der Waals surface area contributed by atoms with Gasteiger partial charge in [0.2, 0.25) is 0 Å². The number of allylic oxidation sites excluding steroid dienone is 1. The van der Waals surface area contributed by atoms with Gasteiger partial charge in [0.15, 0.2) is 5.78 Å². The highest BCUT2D eigenvalue weighted by atomic mass is 16.2. The molecule has 2 aromatic rings. The molecule has 0 aromatic carbocycles. The van der Waals surface area contributed by atoms with Gasteiger partial charge in [-0.3, -0.25) is 18.7 Å². The van der Waals surface area contributed by atoms with Crippen LogP contribution in [0.3, 0.4) is 0 Å². The number of ketones is 1. The number of nitrogens with zero attached hydrogens (tertiary/aromatic N) is 3. The molecule has 0 saturated carbocycles. The zero-order valence-electron chi connectivity index (χ0n) is 12.5. The molecule has 2 heterocycles. The molecule has 0 amide bonds. The maximum atomic E-state index is 12.7. The molecule has 114 valence electrons. The fourth-order valence-electron chi connectivity index (χ4n) is 3.06. The molecule has 0 aliphatic heterocycles. The highest BCUT2D eigenvalue weighted by molar-refractivity contribution is 6.01. The maximum absolute atomic E-state index is 12.7. The van der Waals surface area contributed by atoms with Crippen molar-refractivity contribution in [2.75, 3.05) is 0 Å². The summed E-state index contributed by atoms with van der Waals surface area (Å²) in [5.41, 5.74) is 0.831. The molecule has 1 aliphatic carbocycles. The van der Waals surface area contributed by atoms with Crippen LogP contribution in [0.25, 0.3) is 11.0 Å². The van der Waals surface area contributed by atoms with Crippen LogP contribution in [0.4, 0.5) is 0 Å². The van der Waals surface area contributed by atoms with Crippen molar-refractivity contribution in [3.63, 3.8) is 0 Å². The van der Waals surface area contributed by atoms with Crippen molar-refractivity contribution in [1.82, 2.24) is 14.1 Å². The number of carbonyl (C=O) groups excluding carboxylic acids is 1. The number of Topliss-reactive ketones (excluding diaryl/α,β-unsaturated/α-hetero) is 1. The minimum absolute atomic E-state index is 0.0135. The molecule has 6 heteroatoms. The van der Waals surface area contributed by atoms with Crippen LogP contribution in [-0.4, -0.2) is 19.9 Å². The van der Waals surface area contributed by atoms with Crippen LogP contribution >= 0.6 is 0 Å². The van der Waals surface area contributed by atoms with Crippen LogP contribution < -0.4 is 11.2 Å². The molecule has 0 atom stereocenters. The zero-order chi connectivity index (χ0) is 15.9. The quantitative estimate of drug-likeness (QED) is 0.800. The Morgan fingerprint density at radius 3 is 2.73 bits per heavy atom. The van der Waals surface area contributed by atoms with Crippen molar-refractivity contribution in [2.24, 2.45) is 0 Å². The van der Waals surface area contributed by atoms with Crippen LogP contribution in [0.1, 0.15) is 35.7 Å². The second-order valence-electron chi connectivity index (χ2n) is 5.36. The second kappa shape index (κ2) is 5.36. The Kier molecular flexibility index (Phi) is 3.52. The Hall–Kier alpha value is -2.50. The largest absolute Gasteiger partial charge is 0.332 e. The minimum atomic E-state index is -0.394. The number of fused-ring (bicyclic) bond motifs is 3. The molecule has 0 fully saturated rings. The van der Waals surface area contributed by atoms with Gasteiger partial charge in [0.25, 0.3) is 5.56 Å². The summed E-state index contributed by atoms with van der Waals surface area (Å²) in [4.78, 5) is 41.4. The number of rotatable bonds is 3. The average molecular weight is 299 g/mol. The molecule has 22 heavy (non-hydrogen) atoms. The molecular weight excluding hydrogens is 282 g/mol. The zero-order valence-corrected chi connectivity index (χ0v) is 12.5. The molecule has 3 rings (SSSR count). The summed E-state index contributed by atoms with van der Waals surface area (Å²) < 4.78 is 2.62. The molecule has 6 nitrogen and oxygen atoms in total. The van der Waals surface area contributed by atoms with Gasteiger partial charge >= 0.3 is 5.69 Å². The molecule has 0 bridgehead atoms. The smallest absolute Gasteiger partial charge is 0.294 e. The van der Waals surface area contributed by atoms with Gasteiger partial charge in [0.05, 0.1) is 5.39 Å². The van der Waals surface area contributed by atoms with Gasteiger partial charge in [0.1, 0.15) is 5.65 Å². The van der Waals surface area contributed by atoms with E-state index in [2.05, 4.69) is 11.6 Å². The van der Waals surface area contributed by atoms with Crippen LogP contribution in [0.2, 0.25) is 0 Å². The molecular formula is C16H17N3O3. The number of pyridine rings is 1. The van der Waals surface area contributed by atoms with E-state index >= 15 is 0 Å². The van der Waals surface area contributed by atoms with Crippen molar-refractivity contribution in [3.8, 4) is 0 Å². The molecule has 0 N–H and O–H groups in total. The van der Waals surface area contributed by atoms with E-state index in [0.29, 0.717) is 36.0 Å². The van der Waals surface area contributed by atoms with E-state index in [9.17, 15) is 14.4 Å². The van der Waals surface area contributed by atoms with E-state index in [-0.39, 0.29) is 17.9 Å². The predicted molar refractivity (Wildman–Crippen MR) is 83.4 cm³/mol. The van der Waals surface area contributed by atoms with Gasteiger partial charge in [-0.05, 0) is 25.3 Å². The molecule has 0 radical (unpaired) electrons. The Bertz CT molecular complexity index is 905. The third-order valence-corrected chi connectivity index (χ3v) is 4.10. The molecule has 0 unspecified atom stereocenters. The van der Waals surface area contributed by atoms with E-state index in [1.54, 1.807) is 0 Å². The van der Waals surface area contributed by atoms with Crippen LogP contribution in [-0.2, 0) is 19.5 Å². The van der Waals surface area contributed by atoms with Crippen molar-refractivity contribution in [2.45, 2.75) is 39.3 Å². The lowest BCUT2D eigenvalue weighted by molar-refractivity contribution is 0.0972. The van der Waals surface area contributed by atoms with Crippen molar-refractivity contribution in [1.29, 1.82) is 0 Å². The first-order valence-electron chi connectivity index (χ1n) is 7.39. The van der Waals surface area contributed by atoms with E-state index < -0.39 is 5.69 Å². The van der Waals surface area contributed by atoms with Gasteiger partial charge < -0.3 is 0 Å². The minimum Gasteiger partial charge on any atom is -0.294 e. The maximum Gasteiger partial charge on any atom is 0.332 e. The standard InChI is InChI=1S/C16H17N3O3/c1-3-8-19-15(21)13-10-6-5-7-12(20)11(10)9-17-14(13)18(4-2)16(19)22/h3,9H,1,4-8H2,2H3. The third-order valence-electron chi connectivity index (χ3n) is 4.10. The summed E-state index contributed by atoms with van der Waals surface area (Å²) in [7, 11) is 0. The highest BCUT2D eigenvalue weighted by Crippen LogP contribution is 2.25. The van der Waals surface area contributed by atoms with Gasteiger partial charge in [0, 0.05) is 31.3 Å². The number of aromatic nitrogens is 3. The second-order valence-corrected chi connectivity index (χ2v) is 5.36. The van der Waals surface area contributed by atoms with E-state index in [0.717, 1.165) is 16.6 Å². The Morgan fingerprint density at radius 2 is 2.05 bits per heavy atom. The number of carbonyl (C=O) groups is 1. The Morgan fingerprint density at radius 1 is 1.27 bits per heavy atom. The van der Waals surface area contributed by atoms with Gasteiger partial charge in [-0.1, -0.05) is 6.08 Å². The third kappa shape index (κ3) is 1.94. The van der Waals surface area contributed by atoms with Crippen LogP contribution in [0.15, 0.2) is 28.4 Å². The first-order chi connectivity index (χ1) is 10.6. The van der Waals surface area contributed by atoms with Crippen molar-refractivity contribution >= 4 is 16.8 Å². The van der Waals surface area contributed by atoms with Crippen molar-refractivity contribution < 1.29 is 4.79 Å². The molecule has 0 spiro atoms. The Labute approximate surface area is 126 Å². The monoisotopic (exact) mass is 299 g/mol. The molecule has 0 saturated heterocycles. The molecule has 1 aliphatic rings. The van der Waals surface area contributed by atoms with Gasteiger partial charge in [-0.15, -0.1) is 6.58 Å². The predicted octanol–water partition coefficient (Wildman–Crippen LogP) is 1.28. The summed E-state index contributed by atoms with van der Waals surface area (Å²) in [6.45, 7) is 5.98. The summed E-state index contributed by atoms with van der Waals surface area (Å²) in [6, 6.07) is 0. The van der Waals surface area contributed by atoms with Crippen LogP contribution in [0, 0.1) is 0 Å². The number of hydrogen-bond acceptors (Lipinski definition) is 4. The first-order valence-corrected chi connectivity index (χ1v) is 7.39. The summed E-state index contributed by atoms with van der Waals surface area (Å²) >= 11 is 0. The summed E-state index contributed by atoms with van der Waals surface area (Å²) in [5, 5.41) is 0.397. The van der Waals surface area contributed by atoms with Gasteiger partial charge in [-0.25, -0.2) is 9.78 Å². The van der Waals surface area contributed by atoms with E-state index in [4.69, 9.17) is 0 Å². The van der Waals surface area contributed by atoms with Crippen LogP contribution in [0.5, 0.6) is 0 Å². The Balaban J connectivity index is 2.52. The lowest BCUT2D eigenvalue weighted by atomic mass is 9.90. The molecule has 2 aromatic heterocycles. The summed E-state index contributed by atoms with van der Waals surface area (Å²) in [6.07, 6.45) is 4.88. The van der Waals surface area contributed by atoms with E-state index in [1.807, 2.05) is 6.92 Å². The normalized spacial score (nSPS) is 14.1. The summed E-state index contributed by atoms with van der Waals surface area (Å²) in [5.74, 6) is 0.0135.